The molecule has 2 aliphatic heterocycles. The van der Waals surface area contributed by atoms with Crippen molar-refractivity contribution < 1.29 is 19.1 Å². The SMILES string of the molecule is C=C1CC(c2ccc3c4ccc(C5CC(=C)C(=O)O5)cc4n(CC)c3c2)OC1=O. The Kier molecular flexibility index (Phi) is 3.88. The molecule has 0 radical (unpaired) electrons. The fraction of sp³-hybridized carbons (Fsp3) is 0.250. The summed E-state index contributed by atoms with van der Waals surface area (Å²) in [4.78, 5) is 23.5. The van der Waals surface area contributed by atoms with Crippen molar-refractivity contribution in [3.63, 3.8) is 0 Å². The Bertz CT molecular complexity index is 1110. The van der Waals surface area contributed by atoms with Gasteiger partial charge in [-0.05, 0) is 30.2 Å². The van der Waals surface area contributed by atoms with E-state index in [0.717, 1.165) is 39.5 Å². The Hall–Kier alpha value is -3.34. The van der Waals surface area contributed by atoms with Crippen LogP contribution in [0.4, 0.5) is 0 Å². The van der Waals surface area contributed by atoms with Gasteiger partial charge < -0.3 is 14.0 Å². The molecule has 2 unspecified atom stereocenters. The number of fused-ring (bicyclic) bond motifs is 3. The summed E-state index contributed by atoms with van der Waals surface area (Å²) >= 11 is 0. The summed E-state index contributed by atoms with van der Waals surface area (Å²) in [5.41, 5.74) is 5.18. The third-order valence-corrected chi connectivity index (χ3v) is 5.91. The van der Waals surface area contributed by atoms with E-state index in [2.05, 4.69) is 48.9 Å². The number of nitrogens with zero attached hydrogens (tertiary/aromatic N) is 1. The van der Waals surface area contributed by atoms with Gasteiger partial charge in [-0.1, -0.05) is 37.4 Å². The van der Waals surface area contributed by atoms with Crippen LogP contribution in [0.3, 0.4) is 0 Å². The standard InChI is InChI=1S/C24H21NO4/c1-4-25-19-11-15(21-9-13(2)23(26)28-21)5-7-17(19)18-8-6-16(12-20(18)25)22-10-14(3)24(27)29-22/h5-8,11-12,21-22H,2-4,9-10H2,1H3. The Morgan fingerprint density at radius 2 is 1.31 bits per heavy atom. The molecule has 2 saturated heterocycles. The van der Waals surface area contributed by atoms with Crippen LogP contribution in [0.5, 0.6) is 0 Å². The van der Waals surface area contributed by atoms with E-state index in [4.69, 9.17) is 9.47 Å². The predicted octanol–water partition coefficient (Wildman–Crippen LogP) is 4.90. The fourth-order valence-corrected chi connectivity index (χ4v) is 4.36. The maximum absolute atomic E-state index is 11.7. The summed E-state index contributed by atoms with van der Waals surface area (Å²) in [5.74, 6) is -0.632. The normalized spacial score (nSPS) is 22.0. The van der Waals surface area contributed by atoms with Crippen LogP contribution in [-0.4, -0.2) is 16.5 Å². The van der Waals surface area contributed by atoms with Gasteiger partial charge in [0.25, 0.3) is 0 Å². The maximum Gasteiger partial charge on any atom is 0.334 e. The Morgan fingerprint density at radius 1 is 0.862 bits per heavy atom. The highest BCUT2D eigenvalue weighted by molar-refractivity contribution is 6.08. The number of carbonyl (C=O) groups excluding carboxylic acids is 2. The largest absolute Gasteiger partial charge is 0.454 e. The molecule has 0 amide bonds. The third kappa shape index (κ3) is 2.69. The van der Waals surface area contributed by atoms with Gasteiger partial charge in [-0.15, -0.1) is 0 Å². The summed E-state index contributed by atoms with van der Waals surface area (Å²) in [5, 5.41) is 2.29. The highest BCUT2D eigenvalue weighted by atomic mass is 16.6. The summed E-state index contributed by atoms with van der Waals surface area (Å²) in [6, 6.07) is 12.4. The lowest BCUT2D eigenvalue weighted by atomic mass is 10.0. The van der Waals surface area contributed by atoms with E-state index in [1.165, 1.54) is 0 Å². The van der Waals surface area contributed by atoms with Crippen LogP contribution in [0.25, 0.3) is 21.8 Å². The summed E-state index contributed by atoms with van der Waals surface area (Å²) in [6.45, 7) is 10.5. The van der Waals surface area contributed by atoms with Gasteiger partial charge in [0.2, 0.25) is 0 Å². The number of rotatable bonds is 3. The van der Waals surface area contributed by atoms with Crippen LogP contribution in [0.2, 0.25) is 0 Å². The topological polar surface area (TPSA) is 57.5 Å². The minimum Gasteiger partial charge on any atom is -0.454 e. The average Bonchev–Trinajstić information content (AvgIpc) is 3.34. The van der Waals surface area contributed by atoms with Gasteiger partial charge in [0, 0.05) is 52.3 Å². The first-order valence-electron chi connectivity index (χ1n) is 9.79. The van der Waals surface area contributed by atoms with Gasteiger partial charge in [-0.2, -0.15) is 0 Å². The van der Waals surface area contributed by atoms with E-state index in [-0.39, 0.29) is 24.1 Å². The molecule has 1 aromatic heterocycles. The molecule has 0 bridgehead atoms. The number of hydrogen-bond donors (Lipinski definition) is 0. The molecule has 5 nitrogen and oxygen atoms in total. The molecule has 0 N–H and O–H groups in total. The first-order chi connectivity index (χ1) is 14.0. The second-order valence-corrected chi connectivity index (χ2v) is 7.70. The molecule has 146 valence electrons. The summed E-state index contributed by atoms with van der Waals surface area (Å²) in [6.07, 6.45) is 0.500. The second-order valence-electron chi connectivity index (χ2n) is 7.70. The van der Waals surface area contributed by atoms with Crippen molar-refractivity contribution in [2.45, 2.75) is 38.5 Å². The molecule has 2 atom stereocenters. The van der Waals surface area contributed by atoms with Crippen molar-refractivity contribution in [2.75, 3.05) is 0 Å². The molecule has 2 aliphatic rings. The molecule has 0 aliphatic carbocycles. The number of cyclic esters (lactones) is 2. The third-order valence-electron chi connectivity index (χ3n) is 5.91. The second kappa shape index (κ2) is 6.34. The predicted molar refractivity (Wildman–Crippen MR) is 110 cm³/mol. The molecule has 3 aromatic rings. The molecular weight excluding hydrogens is 366 g/mol. The van der Waals surface area contributed by atoms with Gasteiger partial charge in [-0.25, -0.2) is 9.59 Å². The number of aromatic nitrogens is 1. The number of esters is 2. The molecule has 0 spiro atoms. The molecule has 29 heavy (non-hydrogen) atoms. The number of hydrogen-bond acceptors (Lipinski definition) is 4. The van der Waals surface area contributed by atoms with Gasteiger partial charge in [-0.3, -0.25) is 0 Å². The molecule has 3 heterocycles. The Labute approximate surface area is 168 Å². The summed E-state index contributed by atoms with van der Waals surface area (Å²) < 4.78 is 13.2. The van der Waals surface area contributed by atoms with Crippen LogP contribution in [0.15, 0.2) is 60.7 Å². The zero-order valence-electron chi connectivity index (χ0n) is 16.2. The lowest BCUT2D eigenvalue weighted by Gasteiger charge is -2.11. The highest BCUT2D eigenvalue weighted by Crippen LogP contribution is 2.38. The Morgan fingerprint density at radius 3 is 1.66 bits per heavy atom. The van der Waals surface area contributed by atoms with Crippen molar-refractivity contribution in [3.8, 4) is 0 Å². The number of aryl methyl sites for hydroxylation is 1. The van der Waals surface area contributed by atoms with Crippen molar-refractivity contribution in [3.05, 3.63) is 71.8 Å². The van der Waals surface area contributed by atoms with Crippen molar-refractivity contribution in [1.82, 2.24) is 4.57 Å². The number of carbonyl (C=O) groups is 2. The molecule has 5 heteroatoms. The van der Waals surface area contributed by atoms with Crippen LogP contribution in [-0.2, 0) is 25.6 Å². The van der Waals surface area contributed by atoms with E-state index in [0.29, 0.717) is 24.0 Å². The molecular formula is C24H21NO4. The zero-order chi connectivity index (χ0) is 20.3. The molecule has 2 fully saturated rings. The van der Waals surface area contributed by atoms with E-state index in [1.54, 1.807) is 0 Å². The highest BCUT2D eigenvalue weighted by Gasteiger charge is 2.30. The van der Waals surface area contributed by atoms with E-state index >= 15 is 0 Å². The van der Waals surface area contributed by atoms with Crippen molar-refractivity contribution >= 4 is 33.7 Å². The monoisotopic (exact) mass is 387 g/mol. The van der Waals surface area contributed by atoms with Gasteiger partial charge >= 0.3 is 11.9 Å². The van der Waals surface area contributed by atoms with Gasteiger partial charge in [0.05, 0.1) is 0 Å². The molecule has 0 saturated carbocycles. The lowest BCUT2D eigenvalue weighted by Crippen LogP contribution is -2.00. The zero-order valence-corrected chi connectivity index (χ0v) is 16.2. The van der Waals surface area contributed by atoms with Crippen LogP contribution < -0.4 is 0 Å². The van der Waals surface area contributed by atoms with Crippen LogP contribution in [0, 0.1) is 0 Å². The fourth-order valence-electron chi connectivity index (χ4n) is 4.36. The first kappa shape index (κ1) is 17.7. The lowest BCUT2D eigenvalue weighted by molar-refractivity contribution is -0.140. The van der Waals surface area contributed by atoms with E-state index < -0.39 is 0 Å². The van der Waals surface area contributed by atoms with Crippen LogP contribution >= 0.6 is 0 Å². The average molecular weight is 387 g/mol. The summed E-state index contributed by atoms with van der Waals surface area (Å²) in [7, 11) is 0. The van der Waals surface area contributed by atoms with Crippen molar-refractivity contribution in [2.24, 2.45) is 0 Å². The number of ether oxygens (including phenoxy) is 2. The van der Waals surface area contributed by atoms with E-state index in [9.17, 15) is 9.59 Å². The van der Waals surface area contributed by atoms with Crippen LogP contribution in [0.1, 0.15) is 43.1 Å². The minimum absolute atomic E-state index is 0.276. The van der Waals surface area contributed by atoms with Gasteiger partial charge in [0.15, 0.2) is 0 Å². The first-order valence-corrected chi connectivity index (χ1v) is 9.79. The smallest absolute Gasteiger partial charge is 0.334 e. The minimum atomic E-state index is -0.316. The van der Waals surface area contributed by atoms with Crippen molar-refractivity contribution in [1.29, 1.82) is 0 Å². The molecule has 2 aromatic carbocycles. The number of benzene rings is 2. The van der Waals surface area contributed by atoms with E-state index in [1.807, 2.05) is 12.1 Å². The quantitative estimate of drug-likeness (QED) is 0.474. The Balaban J connectivity index is 1.62. The molecule has 5 rings (SSSR count). The maximum atomic E-state index is 11.7. The van der Waals surface area contributed by atoms with Gasteiger partial charge in [0.1, 0.15) is 12.2 Å².